The van der Waals surface area contributed by atoms with Crippen molar-refractivity contribution in [1.82, 2.24) is 9.31 Å². The molecule has 0 aliphatic carbocycles. The van der Waals surface area contributed by atoms with E-state index in [1.54, 1.807) is 24.5 Å². The first-order valence-corrected chi connectivity index (χ1v) is 12.8. The number of carbonyl (C=O) groups excluding carboxylic acids is 1. The lowest BCUT2D eigenvalue weighted by molar-refractivity contribution is -0.131. The lowest BCUT2D eigenvalue weighted by Gasteiger charge is -2.21. The lowest BCUT2D eigenvalue weighted by atomic mass is 10.0. The Bertz CT molecular complexity index is 1360. The molecule has 2 aromatic carbocycles. The number of hydrogen-bond donors (Lipinski definition) is 1. The first-order chi connectivity index (χ1) is 16.6. The second kappa shape index (κ2) is 9.67. The molecule has 4 rings (SSSR count). The van der Waals surface area contributed by atoms with Crippen LogP contribution in [0.2, 0.25) is 0 Å². The number of nitrogens with one attached hydrogen (secondary N) is 1. The number of amides is 1. The highest BCUT2D eigenvalue weighted by Gasteiger charge is 2.34. The maximum Gasteiger partial charge on any atom is 0.262 e. The number of benzene rings is 2. The van der Waals surface area contributed by atoms with E-state index in [-0.39, 0.29) is 23.4 Å². The van der Waals surface area contributed by atoms with Crippen molar-refractivity contribution in [2.45, 2.75) is 38.1 Å². The highest BCUT2D eigenvalue weighted by molar-refractivity contribution is 7.89. The van der Waals surface area contributed by atoms with E-state index in [0.29, 0.717) is 17.9 Å². The van der Waals surface area contributed by atoms with Gasteiger partial charge in [0.05, 0.1) is 23.4 Å². The average molecular weight is 495 g/mol. The number of hydrogen-bond acceptors (Lipinski definition) is 6. The molecule has 9 heteroatoms. The van der Waals surface area contributed by atoms with E-state index in [0.717, 1.165) is 28.0 Å². The van der Waals surface area contributed by atoms with Gasteiger partial charge in [0.15, 0.2) is 0 Å². The fourth-order valence-corrected chi connectivity index (χ4v) is 5.00. The second-order valence-electron chi connectivity index (χ2n) is 8.94. The number of sulfonamides is 1. The van der Waals surface area contributed by atoms with Gasteiger partial charge in [0, 0.05) is 26.2 Å². The first kappa shape index (κ1) is 24.7. The summed E-state index contributed by atoms with van der Waals surface area (Å²) in [4.78, 5) is 13.5. The van der Waals surface area contributed by atoms with Crippen LogP contribution in [0.3, 0.4) is 0 Å². The van der Waals surface area contributed by atoms with Crippen molar-refractivity contribution in [3.8, 4) is 0 Å². The zero-order chi connectivity index (χ0) is 25.3. The van der Waals surface area contributed by atoms with Crippen LogP contribution < -0.4 is 5.32 Å². The summed E-state index contributed by atoms with van der Waals surface area (Å²) in [5.41, 5.74) is 5.21. The molecule has 3 aromatic rings. The Morgan fingerprint density at radius 1 is 1.14 bits per heavy atom. The Morgan fingerprint density at radius 3 is 2.49 bits per heavy atom. The second-order valence-corrected chi connectivity index (χ2v) is 11.1. The molecule has 0 radical (unpaired) electrons. The molecule has 1 aliphatic heterocycles. The molecule has 1 unspecified atom stereocenters. The first-order valence-electron chi connectivity index (χ1n) is 11.4. The molecule has 1 aromatic heterocycles. The zero-order valence-electron chi connectivity index (χ0n) is 20.6. The van der Waals surface area contributed by atoms with E-state index in [9.17, 15) is 13.2 Å². The number of nitrogens with zero attached hydrogens (tertiary/aromatic N) is 3. The van der Waals surface area contributed by atoms with Crippen LogP contribution in [0.4, 0.5) is 5.69 Å². The minimum atomic E-state index is -3.61. The van der Waals surface area contributed by atoms with E-state index in [1.807, 2.05) is 51.1 Å². The topological polar surface area (TPSA) is 95.2 Å². The van der Waals surface area contributed by atoms with Crippen LogP contribution in [0.15, 0.2) is 69.2 Å². The van der Waals surface area contributed by atoms with Crippen LogP contribution in [0, 0.1) is 20.8 Å². The van der Waals surface area contributed by atoms with E-state index in [1.165, 1.54) is 23.4 Å². The molecule has 0 spiro atoms. The number of rotatable bonds is 7. The maximum absolute atomic E-state index is 13.3. The van der Waals surface area contributed by atoms with Crippen molar-refractivity contribution in [3.05, 3.63) is 82.8 Å². The molecule has 0 fully saturated rings. The van der Waals surface area contributed by atoms with Crippen molar-refractivity contribution in [2.75, 3.05) is 26.0 Å². The molecule has 0 saturated carbocycles. The third-order valence-corrected chi connectivity index (χ3v) is 8.06. The third kappa shape index (κ3) is 5.01. The molecular weight excluding hydrogens is 464 g/mol. The molecule has 0 bridgehead atoms. The minimum absolute atomic E-state index is 0.0480. The highest BCUT2D eigenvalue weighted by atomic mass is 32.2. The van der Waals surface area contributed by atoms with E-state index in [4.69, 9.17) is 4.42 Å². The number of hydrazone groups is 1. The minimum Gasteiger partial charge on any atom is -0.467 e. The fourth-order valence-electron chi connectivity index (χ4n) is 3.98. The Hall–Kier alpha value is -3.43. The molecule has 8 nitrogen and oxygen atoms in total. The molecule has 184 valence electrons. The van der Waals surface area contributed by atoms with Gasteiger partial charge in [-0.15, -0.1) is 0 Å². The quantitative estimate of drug-likeness (QED) is 0.530. The standard InChI is InChI=1S/C26H30N4O4S/c1-17-8-10-20(11-9-17)23-15-24(25-7-6-12-34-25)30(28-23)26(31)16-27-22-14-21(13-18(2)19(22)3)35(32,33)29(4)5/h6-14,24,27H,15-16H2,1-5H3. The van der Waals surface area contributed by atoms with Gasteiger partial charge in [-0.25, -0.2) is 17.7 Å². The third-order valence-electron chi connectivity index (χ3n) is 6.27. The summed E-state index contributed by atoms with van der Waals surface area (Å²) < 4.78 is 32.1. The Labute approximate surface area is 206 Å². The molecule has 35 heavy (non-hydrogen) atoms. The lowest BCUT2D eigenvalue weighted by Crippen LogP contribution is -2.32. The van der Waals surface area contributed by atoms with Crippen LogP contribution in [0.1, 0.15) is 40.5 Å². The van der Waals surface area contributed by atoms with Gasteiger partial charge in [-0.2, -0.15) is 5.10 Å². The van der Waals surface area contributed by atoms with Crippen LogP contribution in [0.5, 0.6) is 0 Å². The molecule has 1 amide bonds. The van der Waals surface area contributed by atoms with Gasteiger partial charge in [0.1, 0.15) is 11.8 Å². The summed E-state index contributed by atoms with van der Waals surface area (Å²) in [5, 5.41) is 9.25. The molecule has 1 N–H and O–H groups in total. The summed E-state index contributed by atoms with van der Waals surface area (Å²) in [6.07, 6.45) is 2.12. The van der Waals surface area contributed by atoms with Crippen LogP contribution in [0.25, 0.3) is 0 Å². The van der Waals surface area contributed by atoms with Crippen molar-refractivity contribution in [1.29, 1.82) is 0 Å². The summed E-state index contributed by atoms with van der Waals surface area (Å²) in [7, 11) is -0.623. The Kier molecular flexibility index (Phi) is 6.82. The Morgan fingerprint density at radius 2 is 1.86 bits per heavy atom. The van der Waals surface area contributed by atoms with E-state index >= 15 is 0 Å². The van der Waals surface area contributed by atoms with Gasteiger partial charge >= 0.3 is 0 Å². The zero-order valence-corrected chi connectivity index (χ0v) is 21.4. The smallest absolute Gasteiger partial charge is 0.262 e. The number of furan rings is 1. The van der Waals surface area contributed by atoms with Crippen LogP contribution in [-0.2, 0) is 14.8 Å². The van der Waals surface area contributed by atoms with Gasteiger partial charge in [-0.05, 0) is 61.7 Å². The van der Waals surface area contributed by atoms with Crippen LogP contribution >= 0.6 is 0 Å². The Balaban J connectivity index is 1.59. The van der Waals surface area contributed by atoms with Crippen LogP contribution in [-0.4, -0.2) is 50.0 Å². The summed E-state index contributed by atoms with van der Waals surface area (Å²) >= 11 is 0. The molecule has 1 aliphatic rings. The number of anilines is 1. The van der Waals surface area contributed by atoms with Crippen molar-refractivity contribution in [3.63, 3.8) is 0 Å². The van der Waals surface area contributed by atoms with Crippen molar-refractivity contribution in [2.24, 2.45) is 5.10 Å². The number of carbonyl (C=O) groups is 1. The normalized spacial score (nSPS) is 16.0. The molecule has 2 heterocycles. The van der Waals surface area contributed by atoms with Gasteiger partial charge < -0.3 is 9.73 Å². The van der Waals surface area contributed by atoms with E-state index in [2.05, 4.69) is 10.4 Å². The predicted molar refractivity (Wildman–Crippen MR) is 136 cm³/mol. The van der Waals surface area contributed by atoms with Crippen molar-refractivity contribution >= 4 is 27.3 Å². The molecule has 1 atom stereocenters. The fraction of sp³-hybridized carbons (Fsp3) is 0.308. The number of aryl methyl sites for hydroxylation is 2. The van der Waals surface area contributed by atoms with Crippen molar-refractivity contribution < 1.29 is 17.6 Å². The summed E-state index contributed by atoms with van der Waals surface area (Å²) in [6, 6.07) is 14.5. The summed E-state index contributed by atoms with van der Waals surface area (Å²) in [6.45, 7) is 5.72. The monoisotopic (exact) mass is 494 g/mol. The average Bonchev–Trinajstić information content (AvgIpc) is 3.50. The predicted octanol–water partition coefficient (Wildman–Crippen LogP) is 4.24. The van der Waals surface area contributed by atoms with Gasteiger partial charge in [-0.3, -0.25) is 4.79 Å². The SMILES string of the molecule is Cc1ccc(C2=NN(C(=O)CNc3cc(S(=O)(=O)N(C)C)cc(C)c3C)C(c3ccco3)C2)cc1. The summed E-state index contributed by atoms with van der Waals surface area (Å²) in [5.74, 6) is 0.418. The van der Waals surface area contributed by atoms with Gasteiger partial charge in [-0.1, -0.05) is 29.8 Å². The largest absolute Gasteiger partial charge is 0.467 e. The maximum atomic E-state index is 13.3. The molecule has 0 saturated heterocycles. The van der Waals surface area contributed by atoms with E-state index < -0.39 is 10.0 Å². The highest BCUT2D eigenvalue weighted by Crippen LogP contribution is 2.33. The van der Waals surface area contributed by atoms with Gasteiger partial charge in [0.25, 0.3) is 5.91 Å². The molecular formula is C26H30N4O4S. The van der Waals surface area contributed by atoms with Gasteiger partial charge in [0.2, 0.25) is 10.0 Å².